The second-order valence-corrected chi connectivity index (χ2v) is 10.2. The monoisotopic (exact) mass is 502 g/mol. The number of aromatic nitrogens is 2. The summed E-state index contributed by atoms with van der Waals surface area (Å²) < 4.78 is 7.58. The number of nitrogens with one attached hydrogen (secondary N) is 1. The molecule has 9 heteroatoms. The van der Waals surface area contributed by atoms with E-state index < -0.39 is 0 Å². The SMILES string of the molecule is COc1ccccc1N1CCN(CCCCn2cnc3sc4c(c3c2=N)CCN(C)C4)CC1.Cl. The smallest absolute Gasteiger partial charge is 0.142 e. The van der Waals surface area contributed by atoms with Gasteiger partial charge in [-0.25, -0.2) is 4.98 Å². The van der Waals surface area contributed by atoms with E-state index in [2.05, 4.69) is 33.9 Å². The maximum absolute atomic E-state index is 8.80. The van der Waals surface area contributed by atoms with E-state index in [9.17, 15) is 0 Å². The number of ether oxygens (including phenoxy) is 1. The third kappa shape index (κ3) is 5.10. The van der Waals surface area contributed by atoms with Gasteiger partial charge in [0, 0.05) is 50.7 Å². The van der Waals surface area contributed by atoms with Gasteiger partial charge < -0.3 is 19.1 Å². The fourth-order valence-corrected chi connectivity index (χ4v) is 6.33. The van der Waals surface area contributed by atoms with Crippen LogP contribution < -0.4 is 15.1 Å². The highest BCUT2D eigenvalue weighted by atomic mass is 35.5. The van der Waals surface area contributed by atoms with Crippen LogP contribution in [0.25, 0.3) is 10.2 Å². The van der Waals surface area contributed by atoms with Crippen molar-refractivity contribution in [3.05, 3.63) is 46.5 Å². The van der Waals surface area contributed by atoms with Gasteiger partial charge in [-0.1, -0.05) is 12.1 Å². The minimum Gasteiger partial charge on any atom is -0.495 e. The average molecular weight is 503 g/mol. The number of para-hydroxylation sites is 2. The predicted octanol–water partition coefficient (Wildman–Crippen LogP) is 3.60. The van der Waals surface area contributed by atoms with Crippen molar-refractivity contribution in [2.75, 3.05) is 58.3 Å². The van der Waals surface area contributed by atoms with Gasteiger partial charge in [0.25, 0.3) is 0 Å². The number of likely N-dealkylation sites (N-methyl/N-ethyl adjacent to an activating group) is 1. The quantitative estimate of drug-likeness (QED) is 0.500. The van der Waals surface area contributed by atoms with Crippen molar-refractivity contribution in [1.82, 2.24) is 19.4 Å². The van der Waals surface area contributed by atoms with Gasteiger partial charge in [-0.3, -0.25) is 10.3 Å². The predicted molar refractivity (Wildman–Crippen MR) is 142 cm³/mol. The first-order chi connectivity index (χ1) is 16.1. The number of halogens is 1. The Bertz CT molecular complexity index is 1170. The lowest BCUT2D eigenvalue weighted by molar-refractivity contribution is 0.250. The molecule has 0 bridgehead atoms. The summed E-state index contributed by atoms with van der Waals surface area (Å²) >= 11 is 1.77. The minimum absolute atomic E-state index is 0. The van der Waals surface area contributed by atoms with Crippen LogP contribution in [0.15, 0.2) is 30.6 Å². The molecule has 0 amide bonds. The van der Waals surface area contributed by atoms with Crippen LogP contribution in [0.5, 0.6) is 5.75 Å². The molecule has 184 valence electrons. The molecule has 0 aliphatic carbocycles. The maximum Gasteiger partial charge on any atom is 0.142 e. The van der Waals surface area contributed by atoms with Crippen molar-refractivity contribution in [1.29, 1.82) is 5.41 Å². The first kappa shape index (κ1) is 25.0. The number of anilines is 1. The number of piperazine rings is 1. The zero-order chi connectivity index (χ0) is 22.8. The highest BCUT2D eigenvalue weighted by molar-refractivity contribution is 7.18. The summed E-state index contributed by atoms with van der Waals surface area (Å²) in [5, 5.41) is 9.90. The summed E-state index contributed by atoms with van der Waals surface area (Å²) in [7, 11) is 3.91. The number of unbranched alkanes of at least 4 members (excludes halogenated alkanes) is 1. The highest BCUT2D eigenvalue weighted by Gasteiger charge is 2.21. The lowest BCUT2D eigenvalue weighted by Crippen LogP contribution is -2.46. The standard InChI is InChI=1S/C25H34N6OS.ClH/c1-28-12-9-19-22(17-28)33-25-23(19)24(26)31(18-27-25)11-6-5-10-29-13-15-30(16-14-29)20-7-3-4-8-21(20)32-2;/h3-4,7-8,18,26H,5-6,9-17H2,1-2H3;1H. The fourth-order valence-electron chi connectivity index (χ4n) is 5.07. The summed E-state index contributed by atoms with van der Waals surface area (Å²) in [6.45, 7) is 8.26. The Kier molecular flexibility index (Phi) is 8.14. The Morgan fingerprint density at radius 2 is 1.82 bits per heavy atom. The van der Waals surface area contributed by atoms with Gasteiger partial charge in [-0.2, -0.15) is 0 Å². The molecular formula is C25H35ClN6OS. The van der Waals surface area contributed by atoms with Crippen molar-refractivity contribution in [2.24, 2.45) is 0 Å². The Morgan fingerprint density at radius 3 is 2.62 bits per heavy atom. The van der Waals surface area contributed by atoms with Crippen LogP contribution in [-0.4, -0.2) is 72.8 Å². The molecule has 1 N–H and O–H groups in total. The molecule has 0 spiro atoms. The number of nitrogens with zero attached hydrogens (tertiary/aromatic N) is 5. The van der Waals surface area contributed by atoms with E-state index in [1.165, 1.54) is 16.1 Å². The molecule has 0 unspecified atom stereocenters. The molecule has 0 radical (unpaired) electrons. The van der Waals surface area contributed by atoms with Gasteiger partial charge in [-0.15, -0.1) is 23.7 Å². The number of fused-ring (bicyclic) bond motifs is 3. The van der Waals surface area contributed by atoms with E-state index in [1.54, 1.807) is 18.4 Å². The molecule has 2 aromatic heterocycles. The summed E-state index contributed by atoms with van der Waals surface area (Å²) in [5.41, 5.74) is 3.21. The third-order valence-corrected chi connectivity index (χ3v) is 8.11. The van der Waals surface area contributed by atoms with Gasteiger partial charge in [0.05, 0.1) is 24.5 Å². The third-order valence-electron chi connectivity index (χ3n) is 6.99. The molecular weight excluding hydrogens is 468 g/mol. The van der Waals surface area contributed by atoms with Crippen molar-refractivity contribution in [2.45, 2.75) is 32.4 Å². The summed E-state index contributed by atoms with van der Waals surface area (Å²) in [6, 6.07) is 8.30. The Balaban J connectivity index is 0.00000274. The van der Waals surface area contributed by atoms with Gasteiger partial charge >= 0.3 is 0 Å². The van der Waals surface area contributed by atoms with Crippen LogP contribution in [0.4, 0.5) is 5.69 Å². The molecule has 7 nitrogen and oxygen atoms in total. The number of methoxy groups -OCH3 is 1. The van der Waals surface area contributed by atoms with Gasteiger partial charge in [0.1, 0.15) is 16.1 Å². The van der Waals surface area contributed by atoms with Crippen molar-refractivity contribution < 1.29 is 4.74 Å². The lowest BCUT2D eigenvalue weighted by Gasteiger charge is -2.36. The molecule has 2 aliphatic heterocycles. The van der Waals surface area contributed by atoms with Gasteiger partial charge in [-0.05, 0) is 50.6 Å². The van der Waals surface area contributed by atoms with E-state index in [-0.39, 0.29) is 12.4 Å². The molecule has 0 atom stereocenters. The summed E-state index contributed by atoms with van der Waals surface area (Å²) in [6.07, 6.45) is 5.13. The Labute approximate surface area is 211 Å². The first-order valence-electron chi connectivity index (χ1n) is 12.0. The first-order valence-corrected chi connectivity index (χ1v) is 12.8. The summed E-state index contributed by atoms with van der Waals surface area (Å²) in [4.78, 5) is 14.5. The molecule has 1 saturated heterocycles. The molecule has 1 aromatic carbocycles. The lowest BCUT2D eigenvalue weighted by atomic mass is 10.1. The largest absolute Gasteiger partial charge is 0.495 e. The van der Waals surface area contributed by atoms with Crippen LogP contribution in [0, 0.1) is 5.41 Å². The number of rotatable bonds is 7. The molecule has 5 rings (SSSR count). The second-order valence-electron chi connectivity index (χ2n) is 9.17. The molecule has 3 aromatic rings. The van der Waals surface area contributed by atoms with Crippen molar-refractivity contribution >= 4 is 39.6 Å². The number of thiophene rings is 1. The minimum atomic E-state index is 0. The highest BCUT2D eigenvalue weighted by Crippen LogP contribution is 2.32. The van der Waals surface area contributed by atoms with Crippen LogP contribution in [0.1, 0.15) is 23.3 Å². The zero-order valence-corrected chi connectivity index (χ0v) is 21.8. The second kappa shape index (κ2) is 11.1. The fraction of sp³-hybridized carbons (Fsp3) is 0.520. The normalized spacial score (nSPS) is 16.9. The van der Waals surface area contributed by atoms with E-state index in [0.29, 0.717) is 5.49 Å². The van der Waals surface area contributed by atoms with Crippen LogP contribution in [0.2, 0.25) is 0 Å². The van der Waals surface area contributed by atoms with E-state index >= 15 is 0 Å². The van der Waals surface area contributed by atoms with Gasteiger partial charge in [0.15, 0.2) is 0 Å². The number of aryl methyl sites for hydroxylation is 1. The van der Waals surface area contributed by atoms with Crippen LogP contribution in [0.3, 0.4) is 0 Å². The van der Waals surface area contributed by atoms with E-state index in [4.69, 9.17) is 15.1 Å². The van der Waals surface area contributed by atoms with Crippen molar-refractivity contribution in [3.63, 3.8) is 0 Å². The number of hydrogen-bond acceptors (Lipinski definition) is 7. The van der Waals surface area contributed by atoms with Crippen LogP contribution >= 0.6 is 23.7 Å². The van der Waals surface area contributed by atoms with E-state index in [0.717, 1.165) is 87.6 Å². The molecule has 1 fully saturated rings. The van der Waals surface area contributed by atoms with Gasteiger partial charge in [0.2, 0.25) is 0 Å². The Morgan fingerprint density at radius 1 is 1.06 bits per heavy atom. The average Bonchev–Trinajstić information content (AvgIpc) is 3.21. The molecule has 2 aliphatic rings. The molecule has 4 heterocycles. The topological polar surface area (TPSA) is 60.6 Å². The number of hydrogen-bond donors (Lipinski definition) is 1. The molecule has 0 saturated carbocycles. The summed E-state index contributed by atoms with van der Waals surface area (Å²) in [5.74, 6) is 0.957. The maximum atomic E-state index is 8.80. The van der Waals surface area contributed by atoms with Crippen molar-refractivity contribution in [3.8, 4) is 5.75 Å². The molecule has 34 heavy (non-hydrogen) atoms. The Hall–Kier alpha value is -2.13. The van der Waals surface area contributed by atoms with Crippen LogP contribution in [-0.2, 0) is 19.5 Å². The zero-order valence-electron chi connectivity index (χ0n) is 20.1. The van der Waals surface area contributed by atoms with E-state index in [1.807, 2.05) is 23.0 Å². The number of benzene rings is 1.